The Morgan fingerprint density at radius 2 is 1.87 bits per heavy atom. The van der Waals surface area contributed by atoms with E-state index in [1.165, 1.54) is 17.9 Å². The molecular weight excluding hydrogens is 539 g/mol. The van der Waals surface area contributed by atoms with Gasteiger partial charge in [0.05, 0.1) is 30.4 Å². The van der Waals surface area contributed by atoms with E-state index in [1.54, 1.807) is 0 Å². The number of ether oxygens (including phenoxy) is 1. The van der Waals surface area contributed by atoms with Crippen LogP contribution in [-0.2, 0) is 32.5 Å². The molecule has 0 unspecified atom stereocenters. The highest BCUT2D eigenvalue weighted by Crippen LogP contribution is 2.27. The van der Waals surface area contributed by atoms with Crippen LogP contribution in [0.2, 0.25) is 0 Å². The quantitative estimate of drug-likeness (QED) is 0.312. The molecule has 0 aliphatic carbocycles. The number of nitrogens with one attached hydrogen (secondary N) is 1. The summed E-state index contributed by atoms with van der Waals surface area (Å²) in [5.74, 6) is -1.70. The average molecular weight is 569 g/mol. The van der Waals surface area contributed by atoms with Crippen molar-refractivity contribution in [2.45, 2.75) is 31.2 Å². The number of carbonyl (C=O) groups excluding carboxylic acids is 1. The lowest BCUT2D eigenvalue weighted by molar-refractivity contribution is -0.131. The number of hydrogen-bond acceptors (Lipinski definition) is 8. The van der Waals surface area contributed by atoms with Crippen molar-refractivity contribution in [1.29, 1.82) is 0 Å². The summed E-state index contributed by atoms with van der Waals surface area (Å²) in [5, 5.41) is 9.00. The fourth-order valence-electron chi connectivity index (χ4n) is 4.29. The van der Waals surface area contributed by atoms with Crippen molar-refractivity contribution in [3.8, 4) is 11.1 Å². The maximum Gasteiger partial charge on any atom is 0.264 e. The highest BCUT2D eigenvalue weighted by Gasteiger charge is 2.43. The van der Waals surface area contributed by atoms with Gasteiger partial charge in [0.2, 0.25) is 0 Å². The first-order valence-electron chi connectivity index (χ1n) is 11.8. The zero-order valence-corrected chi connectivity index (χ0v) is 22.6. The number of hydroxylamine groups is 1. The first kappa shape index (κ1) is 29.7. The van der Waals surface area contributed by atoms with Gasteiger partial charge >= 0.3 is 0 Å². The Bertz CT molecular complexity index is 1480. The third-order valence-electron chi connectivity index (χ3n) is 6.92. The smallest absolute Gasteiger partial charge is 0.264 e. The molecule has 1 aliphatic heterocycles. The van der Waals surface area contributed by atoms with E-state index in [-0.39, 0.29) is 36.3 Å². The van der Waals surface area contributed by atoms with Crippen LogP contribution in [0.4, 0.5) is 4.39 Å². The van der Waals surface area contributed by atoms with E-state index in [1.807, 2.05) is 24.3 Å². The maximum atomic E-state index is 15.1. The number of benzene rings is 2. The summed E-state index contributed by atoms with van der Waals surface area (Å²) in [7, 11) is -3.93. The van der Waals surface area contributed by atoms with Gasteiger partial charge in [0, 0.05) is 38.0 Å². The lowest BCUT2D eigenvalue weighted by atomic mass is 10.0. The van der Waals surface area contributed by atoms with E-state index >= 15 is 4.39 Å². The number of fused-ring (bicyclic) bond motifs is 1. The van der Waals surface area contributed by atoms with Crippen molar-refractivity contribution in [3.05, 3.63) is 64.5 Å². The fraction of sp³-hybridized carbons (Fsp3) is 0.400. The number of halogens is 2. The zero-order chi connectivity index (χ0) is 26.8. The molecule has 2 N–H and O–H groups in total. The second-order valence-electron chi connectivity index (χ2n) is 9.37. The summed E-state index contributed by atoms with van der Waals surface area (Å²) in [6.07, 6.45) is 1.80. The predicted molar refractivity (Wildman–Crippen MR) is 143 cm³/mol. The highest BCUT2D eigenvalue weighted by atomic mass is 35.5. The molecule has 1 saturated heterocycles. The summed E-state index contributed by atoms with van der Waals surface area (Å²) < 4.78 is 44.0. The van der Waals surface area contributed by atoms with Gasteiger partial charge in [-0.3, -0.25) is 24.3 Å². The number of aromatic nitrogens is 2. The average Bonchev–Trinajstić information content (AvgIpc) is 2.88. The Morgan fingerprint density at radius 1 is 1.21 bits per heavy atom. The maximum absolute atomic E-state index is 15.1. The molecular formula is C25H30ClFN4O6S. The van der Waals surface area contributed by atoms with Crippen LogP contribution in [0.15, 0.2) is 47.5 Å². The molecule has 38 heavy (non-hydrogen) atoms. The van der Waals surface area contributed by atoms with E-state index in [0.29, 0.717) is 24.3 Å². The Hall–Kier alpha value is -2.90. The molecule has 1 amide bonds. The number of morpholine rings is 1. The van der Waals surface area contributed by atoms with Crippen LogP contribution >= 0.6 is 12.4 Å². The second-order valence-corrected chi connectivity index (χ2v) is 11.8. The topological polar surface area (TPSA) is 131 Å². The Morgan fingerprint density at radius 3 is 2.47 bits per heavy atom. The van der Waals surface area contributed by atoms with Crippen molar-refractivity contribution in [1.82, 2.24) is 19.9 Å². The molecule has 2 heterocycles. The van der Waals surface area contributed by atoms with Crippen molar-refractivity contribution in [2.75, 3.05) is 32.6 Å². The molecule has 4 rings (SSSR count). The zero-order valence-electron chi connectivity index (χ0n) is 21.0. The molecule has 0 bridgehead atoms. The number of amides is 1. The van der Waals surface area contributed by atoms with Gasteiger partial charge in [-0.25, -0.2) is 23.3 Å². The number of nitrogens with zero attached hydrogens (tertiary/aromatic N) is 3. The van der Waals surface area contributed by atoms with Crippen molar-refractivity contribution in [2.24, 2.45) is 0 Å². The monoisotopic (exact) mass is 568 g/mol. The summed E-state index contributed by atoms with van der Waals surface area (Å²) in [4.78, 5) is 31.6. The number of rotatable bonds is 8. The Balaban J connectivity index is 0.00000400. The minimum Gasteiger partial charge on any atom is -0.379 e. The largest absolute Gasteiger partial charge is 0.379 e. The van der Waals surface area contributed by atoms with Crippen LogP contribution < -0.4 is 11.0 Å². The van der Waals surface area contributed by atoms with Gasteiger partial charge < -0.3 is 4.74 Å². The first-order chi connectivity index (χ1) is 17.5. The van der Waals surface area contributed by atoms with Gasteiger partial charge in [-0.15, -0.1) is 12.4 Å². The number of aryl methyl sites for hydroxylation is 1. The van der Waals surface area contributed by atoms with Gasteiger partial charge in [0.15, 0.2) is 14.6 Å². The molecule has 1 aliphatic rings. The van der Waals surface area contributed by atoms with E-state index in [0.717, 1.165) is 49.0 Å². The molecule has 0 radical (unpaired) electrons. The molecule has 1 aromatic heterocycles. The SMILES string of the molecule is C[C@@](CCn1cnc2cc(-c3ccc(CN4CCOCC4)cc3)c(F)cc2c1=O)(C(=O)NO)S(C)(=O)=O.Cl. The molecule has 2 aromatic carbocycles. The van der Waals surface area contributed by atoms with Crippen molar-refractivity contribution < 1.29 is 27.5 Å². The van der Waals surface area contributed by atoms with Crippen molar-refractivity contribution >= 4 is 39.1 Å². The second kappa shape index (κ2) is 11.9. The van der Waals surface area contributed by atoms with Gasteiger partial charge in [-0.2, -0.15) is 0 Å². The normalized spacial score (nSPS) is 16.0. The minimum absolute atomic E-state index is 0. The standard InChI is InChI=1S/C25H29FN4O6S.ClH/c1-25(24(32)28-33,37(2,34)35)7-8-30-16-27-22-14-19(21(26)13-20(22)23(30)31)18-5-3-17(4-6-18)15-29-9-11-36-12-10-29;/h3-6,13-14,16,33H,7-12,15H2,1-2H3,(H,28,32);1H/t25-;/m1./s1. The number of hydrogen-bond donors (Lipinski definition) is 2. The molecule has 206 valence electrons. The molecule has 10 nitrogen and oxygen atoms in total. The van der Waals surface area contributed by atoms with Gasteiger partial charge in [-0.1, -0.05) is 24.3 Å². The third kappa shape index (κ3) is 6.05. The highest BCUT2D eigenvalue weighted by molar-refractivity contribution is 7.92. The van der Waals surface area contributed by atoms with Crippen LogP contribution in [0.5, 0.6) is 0 Å². The molecule has 0 saturated carbocycles. The van der Waals surface area contributed by atoms with Crippen LogP contribution in [-0.4, -0.2) is 71.3 Å². The number of carbonyl (C=O) groups is 1. The number of sulfone groups is 1. The fourth-order valence-corrected chi connectivity index (χ4v) is 5.13. The van der Waals surface area contributed by atoms with Crippen LogP contribution in [0, 0.1) is 5.82 Å². The van der Waals surface area contributed by atoms with E-state index in [9.17, 15) is 18.0 Å². The van der Waals surface area contributed by atoms with E-state index < -0.39 is 31.9 Å². The van der Waals surface area contributed by atoms with Gasteiger partial charge in [0.25, 0.3) is 11.5 Å². The summed E-state index contributed by atoms with van der Waals surface area (Å²) in [6.45, 7) is 4.91. The van der Waals surface area contributed by atoms with Crippen molar-refractivity contribution in [3.63, 3.8) is 0 Å². The molecule has 1 atom stereocenters. The lowest BCUT2D eigenvalue weighted by Gasteiger charge is -2.26. The van der Waals surface area contributed by atoms with Crippen LogP contribution in [0.1, 0.15) is 18.9 Å². The third-order valence-corrected chi connectivity index (χ3v) is 8.94. The molecule has 1 fully saturated rings. The molecule has 3 aromatic rings. The summed E-state index contributed by atoms with van der Waals surface area (Å²) >= 11 is 0. The summed E-state index contributed by atoms with van der Waals surface area (Å²) in [5.41, 5.74) is 3.13. The van der Waals surface area contributed by atoms with Crippen LogP contribution in [0.3, 0.4) is 0 Å². The van der Waals surface area contributed by atoms with Gasteiger partial charge in [-0.05, 0) is 36.6 Å². The van der Waals surface area contributed by atoms with E-state index in [2.05, 4.69) is 9.88 Å². The molecule has 13 heteroatoms. The van der Waals surface area contributed by atoms with E-state index in [4.69, 9.17) is 9.94 Å². The first-order valence-corrected chi connectivity index (χ1v) is 13.6. The predicted octanol–water partition coefficient (Wildman–Crippen LogP) is 2.16. The lowest BCUT2D eigenvalue weighted by Crippen LogP contribution is -2.50. The summed E-state index contributed by atoms with van der Waals surface area (Å²) in [6, 6.07) is 10.2. The van der Waals surface area contributed by atoms with Gasteiger partial charge in [0.1, 0.15) is 5.82 Å². The van der Waals surface area contributed by atoms with Crippen LogP contribution in [0.25, 0.3) is 22.0 Å². The Labute approximate surface area is 225 Å². The minimum atomic E-state index is -3.93. The Kier molecular flexibility index (Phi) is 9.26. The molecule has 0 spiro atoms.